The van der Waals surface area contributed by atoms with Crippen molar-refractivity contribution in [3.05, 3.63) is 93.4 Å². The summed E-state index contributed by atoms with van der Waals surface area (Å²) in [4.78, 5) is 28.1. The van der Waals surface area contributed by atoms with E-state index in [1.807, 2.05) is 36.4 Å². The first-order chi connectivity index (χ1) is 17.1. The zero-order valence-corrected chi connectivity index (χ0v) is 20.3. The van der Waals surface area contributed by atoms with Crippen molar-refractivity contribution in [2.45, 2.75) is 33.6 Å². The highest BCUT2D eigenvalue weighted by atomic mass is 16.6. The SMILES string of the molecule is CC(C)(C)C1C/C(=C/c2ccc(-c3cccc([N+](=O)[O-])c3)o2)c2nc3ccccc3c(C(=O)O)c2C1. The number of benzene rings is 2. The highest BCUT2D eigenvalue weighted by Gasteiger charge is 2.35. The number of rotatable bonds is 4. The number of allylic oxidation sites excluding steroid dienone is 1. The second-order valence-corrected chi connectivity index (χ2v) is 10.3. The predicted octanol–water partition coefficient (Wildman–Crippen LogP) is 7.25. The molecule has 1 aliphatic rings. The Morgan fingerprint density at radius 1 is 1.11 bits per heavy atom. The number of hydrogen-bond donors (Lipinski definition) is 1. The molecule has 1 atom stereocenters. The lowest BCUT2D eigenvalue weighted by molar-refractivity contribution is -0.384. The largest absolute Gasteiger partial charge is 0.478 e. The number of non-ortho nitro benzene ring substituents is 1. The normalized spacial score (nSPS) is 16.8. The Kier molecular flexibility index (Phi) is 5.71. The van der Waals surface area contributed by atoms with Gasteiger partial charge in [0.05, 0.1) is 21.7 Å². The van der Waals surface area contributed by atoms with Gasteiger partial charge in [-0.2, -0.15) is 0 Å². The number of aromatic carboxylic acids is 1. The number of furan rings is 1. The van der Waals surface area contributed by atoms with Crippen molar-refractivity contribution in [2.75, 3.05) is 0 Å². The fourth-order valence-corrected chi connectivity index (χ4v) is 4.91. The van der Waals surface area contributed by atoms with E-state index in [4.69, 9.17) is 9.40 Å². The van der Waals surface area contributed by atoms with Crippen molar-refractivity contribution in [3.63, 3.8) is 0 Å². The van der Waals surface area contributed by atoms with Crippen LogP contribution in [-0.4, -0.2) is 21.0 Å². The minimum Gasteiger partial charge on any atom is -0.478 e. The van der Waals surface area contributed by atoms with Crippen LogP contribution in [0, 0.1) is 21.4 Å². The van der Waals surface area contributed by atoms with Crippen molar-refractivity contribution in [2.24, 2.45) is 11.3 Å². The van der Waals surface area contributed by atoms with Gasteiger partial charge in [-0.05, 0) is 59.6 Å². The lowest BCUT2D eigenvalue weighted by Crippen LogP contribution is -2.28. The van der Waals surface area contributed by atoms with Crippen LogP contribution in [0.25, 0.3) is 33.9 Å². The summed E-state index contributed by atoms with van der Waals surface area (Å²) in [6, 6.07) is 17.3. The van der Waals surface area contributed by atoms with Crippen LogP contribution in [-0.2, 0) is 6.42 Å². The number of fused-ring (bicyclic) bond motifs is 2. The number of nitro groups is 1. The molecule has 1 N–H and O–H groups in total. The Balaban J connectivity index is 1.65. The lowest BCUT2D eigenvalue weighted by Gasteiger charge is -2.36. The summed E-state index contributed by atoms with van der Waals surface area (Å²) in [7, 11) is 0. The second kappa shape index (κ2) is 8.75. The van der Waals surface area contributed by atoms with E-state index in [1.54, 1.807) is 18.2 Å². The molecule has 7 nitrogen and oxygen atoms in total. The molecule has 0 fully saturated rings. The van der Waals surface area contributed by atoms with Crippen LogP contribution < -0.4 is 0 Å². The first-order valence-corrected chi connectivity index (χ1v) is 11.8. The maximum atomic E-state index is 12.4. The van der Waals surface area contributed by atoms with Gasteiger partial charge in [-0.25, -0.2) is 9.78 Å². The summed E-state index contributed by atoms with van der Waals surface area (Å²) >= 11 is 0. The Bertz CT molecular complexity index is 1540. The maximum Gasteiger partial charge on any atom is 0.336 e. The third-order valence-electron chi connectivity index (χ3n) is 6.94. The van der Waals surface area contributed by atoms with E-state index in [-0.39, 0.29) is 17.0 Å². The molecule has 2 aromatic carbocycles. The second-order valence-electron chi connectivity index (χ2n) is 10.3. The van der Waals surface area contributed by atoms with E-state index in [1.165, 1.54) is 12.1 Å². The van der Waals surface area contributed by atoms with Crippen LogP contribution in [0.2, 0.25) is 0 Å². The van der Waals surface area contributed by atoms with Crippen LogP contribution in [0.3, 0.4) is 0 Å². The smallest absolute Gasteiger partial charge is 0.336 e. The summed E-state index contributed by atoms with van der Waals surface area (Å²) < 4.78 is 6.07. The van der Waals surface area contributed by atoms with Crippen LogP contribution in [0.15, 0.2) is 65.1 Å². The summed E-state index contributed by atoms with van der Waals surface area (Å²) in [6.07, 6.45) is 3.28. The number of hydrogen-bond acceptors (Lipinski definition) is 5. The van der Waals surface area contributed by atoms with Gasteiger partial charge < -0.3 is 9.52 Å². The first-order valence-electron chi connectivity index (χ1n) is 11.8. The van der Waals surface area contributed by atoms with Crippen LogP contribution in [0.4, 0.5) is 5.69 Å². The topological polar surface area (TPSA) is 106 Å². The number of nitrogens with zero attached hydrogens (tertiary/aromatic N) is 2. The lowest BCUT2D eigenvalue weighted by atomic mass is 9.69. The van der Waals surface area contributed by atoms with E-state index in [0.29, 0.717) is 45.7 Å². The van der Waals surface area contributed by atoms with Gasteiger partial charge in [0, 0.05) is 23.1 Å². The summed E-state index contributed by atoms with van der Waals surface area (Å²) in [5.74, 6) is 0.360. The molecular weight excluding hydrogens is 456 g/mol. The monoisotopic (exact) mass is 482 g/mol. The highest BCUT2D eigenvalue weighted by molar-refractivity contribution is 6.05. The molecule has 1 unspecified atom stereocenters. The molecule has 0 saturated carbocycles. The van der Waals surface area contributed by atoms with Crippen molar-refractivity contribution in [3.8, 4) is 11.3 Å². The quantitative estimate of drug-likeness (QED) is 0.242. The number of nitro benzene ring substituents is 1. The highest BCUT2D eigenvalue weighted by Crippen LogP contribution is 2.45. The van der Waals surface area contributed by atoms with Gasteiger partial charge in [-0.1, -0.05) is 51.1 Å². The predicted molar refractivity (Wildman–Crippen MR) is 139 cm³/mol. The van der Waals surface area contributed by atoms with Gasteiger partial charge in [0.1, 0.15) is 11.5 Å². The van der Waals surface area contributed by atoms with Gasteiger partial charge in [0.15, 0.2) is 0 Å². The average molecular weight is 483 g/mol. The summed E-state index contributed by atoms with van der Waals surface area (Å²) in [5.41, 5.74) is 3.89. The van der Waals surface area contributed by atoms with E-state index >= 15 is 0 Å². The fraction of sp³-hybridized carbons (Fsp3) is 0.241. The number of carbonyl (C=O) groups is 1. The zero-order valence-electron chi connectivity index (χ0n) is 20.3. The molecule has 0 radical (unpaired) electrons. The first kappa shape index (κ1) is 23.5. The van der Waals surface area contributed by atoms with E-state index in [9.17, 15) is 20.0 Å². The summed E-state index contributed by atoms with van der Waals surface area (Å²) in [5, 5.41) is 22.0. The van der Waals surface area contributed by atoms with Gasteiger partial charge in [-0.3, -0.25) is 10.1 Å². The van der Waals surface area contributed by atoms with Crippen molar-refractivity contribution >= 4 is 34.2 Å². The molecule has 7 heteroatoms. The summed E-state index contributed by atoms with van der Waals surface area (Å²) in [6.45, 7) is 6.51. The molecule has 4 aromatic rings. The standard InChI is InChI=1S/C29H26N2O5/c1-29(2,3)19-13-18(15-21-11-12-25(36-21)17-7-6-8-20(14-17)31(34)35)27-23(16-19)26(28(32)33)22-9-4-5-10-24(22)30-27/h4-12,14-15,19H,13,16H2,1-3H3,(H,32,33)/b18-15-. The molecule has 0 amide bonds. The van der Waals surface area contributed by atoms with Gasteiger partial charge in [0.25, 0.3) is 5.69 Å². The molecule has 0 spiro atoms. The van der Waals surface area contributed by atoms with Crippen molar-refractivity contribution in [1.29, 1.82) is 0 Å². The Hall–Kier alpha value is -4.26. The Labute approximate surface area is 208 Å². The minimum atomic E-state index is -0.954. The van der Waals surface area contributed by atoms with E-state index < -0.39 is 10.9 Å². The minimum absolute atomic E-state index is 0.00434. The van der Waals surface area contributed by atoms with Crippen molar-refractivity contribution in [1.82, 2.24) is 4.98 Å². The Morgan fingerprint density at radius 2 is 1.89 bits per heavy atom. The zero-order chi connectivity index (χ0) is 25.6. The molecule has 182 valence electrons. The molecule has 0 aliphatic heterocycles. The third-order valence-corrected chi connectivity index (χ3v) is 6.94. The molecule has 2 aromatic heterocycles. The molecule has 0 bridgehead atoms. The number of pyridine rings is 1. The Morgan fingerprint density at radius 3 is 2.61 bits per heavy atom. The number of carboxylic acid groups (broad SMARTS) is 1. The van der Waals surface area contributed by atoms with Gasteiger partial charge >= 0.3 is 5.97 Å². The van der Waals surface area contributed by atoms with Crippen LogP contribution >= 0.6 is 0 Å². The van der Waals surface area contributed by atoms with Gasteiger partial charge in [-0.15, -0.1) is 0 Å². The molecule has 1 aliphatic carbocycles. The molecular formula is C29H26N2O5. The van der Waals surface area contributed by atoms with E-state index in [0.717, 1.165) is 17.6 Å². The average Bonchev–Trinajstić information content (AvgIpc) is 3.30. The number of para-hydroxylation sites is 1. The van der Waals surface area contributed by atoms with Gasteiger partial charge in [0.2, 0.25) is 0 Å². The molecule has 36 heavy (non-hydrogen) atoms. The van der Waals surface area contributed by atoms with Crippen LogP contribution in [0.1, 0.15) is 54.6 Å². The fourth-order valence-electron chi connectivity index (χ4n) is 4.91. The van der Waals surface area contributed by atoms with Crippen molar-refractivity contribution < 1.29 is 19.2 Å². The molecule has 5 rings (SSSR count). The molecule has 2 heterocycles. The third kappa shape index (κ3) is 4.28. The number of carboxylic acids is 1. The van der Waals surface area contributed by atoms with E-state index in [2.05, 4.69) is 20.8 Å². The maximum absolute atomic E-state index is 12.4. The number of aromatic nitrogens is 1. The van der Waals surface area contributed by atoms with Crippen LogP contribution in [0.5, 0.6) is 0 Å². The molecule has 0 saturated heterocycles.